The topological polar surface area (TPSA) is 62.3 Å². The quantitative estimate of drug-likeness (QED) is 0.647. The lowest BCUT2D eigenvalue weighted by molar-refractivity contribution is 0.237. The summed E-state index contributed by atoms with van der Waals surface area (Å²) in [7, 11) is 0. The Hall–Kier alpha value is -1.07. The third-order valence-corrected chi connectivity index (χ3v) is 3.77. The van der Waals surface area contributed by atoms with E-state index in [1.165, 1.54) is 25.9 Å². The molecule has 0 unspecified atom stereocenters. The van der Waals surface area contributed by atoms with Crippen LogP contribution >= 0.6 is 15.9 Å². The SMILES string of the molecule is N=C(N)c1c(Br)cccc1OCCN1CCCC1. The van der Waals surface area contributed by atoms with Crippen molar-refractivity contribution < 1.29 is 4.74 Å². The van der Waals surface area contributed by atoms with Gasteiger partial charge in [-0.2, -0.15) is 0 Å². The van der Waals surface area contributed by atoms with Crippen molar-refractivity contribution in [2.45, 2.75) is 12.8 Å². The lowest BCUT2D eigenvalue weighted by Gasteiger charge is -2.16. The Kier molecular flexibility index (Phi) is 4.60. The summed E-state index contributed by atoms with van der Waals surface area (Å²) in [5, 5.41) is 7.58. The molecule has 98 valence electrons. The average molecular weight is 312 g/mol. The number of likely N-dealkylation sites (tertiary alicyclic amines) is 1. The normalized spacial score (nSPS) is 15.8. The number of benzene rings is 1. The van der Waals surface area contributed by atoms with Gasteiger partial charge in [-0.1, -0.05) is 6.07 Å². The molecule has 4 nitrogen and oxygen atoms in total. The first-order chi connectivity index (χ1) is 8.68. The Morgan fingerprint density at radius 2 is 2.11 bits per heavy atom. The van der Waals surface area contributed by atoms with Crippen molar-refractivity contribution in [3.05, 3.63) is 28.2 Å². The van der Waals surface area contributed by atoms with Crippen molar-refractivity contribution in [2.75, 3.05) is 26.2 Å². The number of rotatable bonds is 5. The van der Waals surface area contributed by atoms with Gasteiger partial charge < -0.3 is 10.5 Å². The molecule has 0 spiro atoms. The number of nitrogens with one attached hydrogen (secondary N) is 1. The maximum atomic E-state index is 7.58. The second-order valence-corrected chi connectivity index (χ2v) is 5.28. The molecule has 0 aliphatic carbocycles. The number of nitrogens with zero attached hydrogens (tertiary/aromatic N) is 1. The van der Waals surface area contributed by atoms with Crippen molar-refractivity contribution in [1.82, 2.24) is 4.90 Å². The van der Waals surface area contributed by atoms with Crippen LogP contribution < -0.4 is 10.5 Å². The molecule has 0 saturated carbocycles. The molecule has 0 atom stereocenters. The van der Waals surface area contributed by atoms with E-state index in [0.717, 1.165) is 11.0 Å². The van der Waals surface area contributed by atoms with Crippen LogP contribution in [0.3, 0.4) is 0 Å². The number of nitrogens with two attached hydrogens (primary N) is 1. The third kappa shape index (κ3) is 3.23. The van der Waals surface area contributed by atoms with Crippen LogP contribution in [0, 0.1) is 5.41 Å². The summed E-state index contributed by atoms with van der Waals surface area (Å²) in [5.41, 5.74) is 6.21. The lowest BCUT2D eigenvalue weighted by Crippen LogP contribution is -2.25. The van der Waals surface area contributed by atoms with E-state index in [4.69, 9.17) is 15.9 Å². The van der Waals surface area contributed by atoms with Crippen LogP contribution in [-0.2, 0) is 0 Å². The molecule has 1 saturated heterocycles. The predicted molar refractivity (Wildman–Crippen MR) is 76.3 cm³/mol. The van der Waals surface area contributed by atoms with E-state index in [9.17, 15) is 0 Å². The molecule has 3 N–H and O–H groups in total. The minimum Gasteiger partial charge on any atom is -0.491 e. The summed E-state index contributed by atoms with van der Waals surface area (Å²) < 4.78 is 6.55. The Morgan fingerprint density at radius 1 is 1.39 bits per heavy atom. The summed E-state index contributed by atoms with van der Waals surface area (Å²) >= 11 is 3.39. The zero-order valence-electron chi connectivity index (χ0n) is 10.3. The maximum absolute atomic E-state index is 7.58. The van der Waals surface area contributed by atoms with Crippen molar-refractivity contribution in [1.29, 1.82) is 5.41 Å². The molecular formula is C13H18BrN3O. The molecule has 0 aromatic heterocycles. The number of amidine groups is 1. The number of hydrogen-bond acceptors (Lipinski definition) is 3. The molecule has 1 heterocycles. The lowest BCUT2D eigenvalue weighted by atomic mass is 10.2. The second kappa shape index (κ2) is 6.20. The van der Waals surface area contributed by atoms with E-state index >= 15 is 0 Å². The molecule has 0 radical (unpaired) electrons. The average Bonchev–Trinajstić information content (AvgIpc) is 2.81. The molecule has 1 aliphatic heterocycles. The number of halogens is 1. The van der Waals surface area contributed by atoms with Gasteiger partial charge >= 0.3 is 0 Å². The number of hydrogen-bond donors (Lipinski definition) is 2. The van der Waals surface area contributed by atoms with Crippen LogP contribution in [0.1, 0.15) is 18.4 Å². The van der Waals surface area contributed by atoms with Crippen LogP contribution in [0.4, 0.5) is 0 Å². The smallest absolute Gasteiger partial charge is 0.131 e. The van der Waals surface area contributed by atoms with Gasteiger partial charge in [0.1, 0.15) is 18.2 Å². The molecule has 2 rings (SSSR count). The van der Waals surface area contributed by atoms with Crippen molar-refractivity contribution in [3.8, 4) is 5.75 Å². The first kappa shape index (κ1) is 13.4. The summed E-state index contributed by atoms with van der Waals surface area (Å²) in [4.78, 5) is 2.39. The summed E-state index contributed by atoms with van der Waals surface area (Å²) in [5.74, 6) is 0.703. The predicted octanol–water partition coefficient (Wildman–Crippen LogP) is 2.21. The monoisotopic (exact) mass is 311 g/mol. The highest BCUT2D eigenvalue weighted by atomic mass is 79.9. The highest BCUT2D eigenvalue weighted by Gasteiger charge is 2.13. The van der Waals surface area contributed by atoms with Gasteiger partial charge in [-0.15, -0.1) is 0 Å². The number of ether oxygens (including phenoxy) is 1. The van der Waals surface area contributed by atoms with Gasteiger partial charge in [-0.3, -0.25) is 10.3 Å². The molecule has 1 aliphatic rings. The van der Waals surface area contributed by atoms with Crippen molar-refractivity contribution in [2.24, 2.45) is 5.73 Å². The van der Waals surface area contributed by atoms with Crippen molar-refractivity contribution in [3.63, 3.8) is 0 Å². The van der Waals surface area contributed by atoms with E-state index in [0.29, 0.717) is 17.9 Å². The van der Waals surface area contributed by atoms with E-state index in [1.807, 2.05) is 18.2 Å². The number of nitrogen functional groups attached to an aromatic ring is 1. The van der Waals surface area contributed by atoms with E-state index in [1.54, 1.807) is 0 Å². The minimum absolute atomic E-state index is 0.0265. The van der Waals surface area contributed by atoms with E-state index < -0.39 is 0 Å². The summed E-state index contributed by atoms with van der Waals surface area (Å²) in [6, 6.07) is 5.61. The minimum atomic E-state index is 0.0265. The summed E-state index contributed by atoms with van der Waals surface area (Å²) in [6.45, 7) is 3.91. The maximum Gasteiger partial charge on any atom is 0.131 e. The van der Waals surface area contributed by atoms with Gasteiger partial charge in [0.05, 0.1) is 5.56 Å². The zero-order chi connectivity index (χ0) is 13.0. The molecule has 18 heavy (non-hydrogen) atoms. The fourth-order valence-corrected chi connectivity index (χ4v) is 2.74. The molecule has 1 aromatic carbocycles. The molecule has 1 fully saturated rings. The van der Waals surface area contributed by atoms with Crippen LogP contribution in [0.15, 0.2) is 22.7 Å². The van der Waals surface area contributed by atoms with Crippen LogP contribution in [-0.4, -0.2) is 37.0 Å². The van der Waals surface area contributed by atoms with E-state index in [2.05, 4.69) is 20.8 Å². The van der Waals surface area contributed by atoms with Gasteiger partial charge in [-0.05, 0) is 54.0 Å². The molecular weight excluding hydrogens is 294 g/mol. The largest absolute Gasteiger partial charge is 0.491 e. The molecule has 5 heteroatoms. The summed E-state index contributed by atoms with van der Waals surface area (Å²) in [6.07, 6.45) is 2.57. The van der Waals surface area contributed by atoms with Crippen LogP contribution in [0.2, 0.25) is 0 Å². The Morgan fingerprint density at radius 3 is 2.78 bits per heavy atom. The second-order valence-electron chi connectivity index (χ2n) is 4.42. The Bertz CT molecular complexity index is 430. The highest BCUT2D eigenvalue weighted by Crippen LogP contribution is 2.26. The molecule has 0 amide bonds. The van der Waals surface area contributed by atoms with Gasteiger partial charge in [0.2, 0.25) is 0 Å². The zero-order valence-corrected chi connectivity index (χ0v) is 11.9. The fraction of sp³-hybridized carbons (Fsp3) is 0.462. The highest BCUT2D eigenvalue weighted by molar-refractivity contribution is 9.10. The van der Waals surface area contributed by atoms with Crippen LogP contribution in [0.5, 0.6) is 5.75 Å². The molecule has 1 aromatic rings. The molecule has 0 bridgehead atoms. The van der Waals surface area contributed by atoms with Gasteiger partial charge in [-0.25, -0.2) is 0 Å². The van der Waals surface area contributed by atoms with Gasteiger partial charge in [0.15, 0.2) is 0 Å². The van der Waals surface area contributed by atoms with Gasteiger partial charge in [0, 0.05) is 11.0 Å². The van der Waals surface area contributed by atoms with E-state index in [-0.39, 0.29) is 5.84 Å². The Labute approximate surface area is 116 Å². The van der Waals surface area contributed by atoms with Crippen molar-refractivity contribution >= 4 is 21.8 Å². The van der Waals surface area contributed by atoms with Gasteiger partial charge in [0.25, 0.3) is 0 Å². The fourth-order valence-electron chi connectivity index (χ4n) is 2.18. The standard InChI is InChI=1S/C13H18BrN3O/c14-10-4-3-5-11(12(10)13(15)16)18-9-8-17-6-1-2-7-17/h3-5H,1-2,6-9H2,(H3,15,16). The Balaban J connectivity index is 1.96. The van der Waals surface area contributed by atoms with Crippen LogP contribution in [0.25, 0.3) is 0 Å². The third-order valence-electron chi connectivity index (χ3n) is 3.11. The first-order valence-electron chi connectivity index (χ1n) is 6.16. The first-order valence-corrected chi connectivity index (χ1v) is 6.96.